The molecule has 2 aliphatic rings. The molecule has 1 atom stereocenters. The largest absolute Gasteiger partial charge is 0.341 e. The van der Waals surface area contributed by atoms with Gasteiger partial charge in [0, 0.05) is 49.6 Å². The lowest BCUT2D eigenvalue weighted by Gasteiger charge is -2.52. The molecule has 2 heterocycles. The van der Waals surface area contributed by atoms with Crippen molar-refractivity contribution in [3.05, 3.63) is 35.9 Å². The van der Waals surface area contributed by atoms with Gasteiger partial charge < -0.3 is 14.7 Å². The Kier molecular flexibility index (Phi) is 5.89. The SMILES string of the molecule is CCC(CC)C(=O)N1CC2(CN(C(=O)c3ccccc3)CC2CN(C)C)C1. The molecular weight excluding hydrogens is 338 g/mol. The van der Waals surface area contributed by atoms with Crippen LogP contribution in [0.3, 0.4) is 0 Å². The Hall–Kier alpha value is -1.88. The number of carbonyl (C=O) groups excluding carboxylic acids is 2. The summed E-state index contributed by atoms with van der Waals surface area (Å²) in [5.41, 5.74) is 0.804. The van der Waals surface area contributed by atoms with Crippen molar-refractivity contribution in [1.29, 1.82) is 0 Å². The van der Waals surface area contributed by atoms with E-state index in [2.05, 4.69) is 32.8 Å². The molecule has 0 saturated carbocycles. The lowest BCUT2D eigenvalue weighted by molar-refractivity contribution is -0.150. The zero-order chi connectivity index (χ0) is 19.6. The summed E-state index contributed by atoms with van der Waals surface area (Å²) in [6, 6.07) is 9.53. The summed E-state index contributed by atoms with van der Waals surface area (Å²) in [5.74, 6) is 0.951. The molecule has 27 heavy (non-hydrogen) atoms. The summed E-state index contributed by atoms with van der Waals surface area (Å²) in [6.45, 7) is 8.24. The Bertz CT molecular complexity index is 663. The predicted octanol–water partition coefficient (Wildman–Crippen LogP) is 2.59. The summed E-state index contributed by atoms with van der Waals surface area (Å²) in [4.78, 5) is 31.9. The van der Waals surface area contributed by atoms with E-state index < -0.39 is 0 Å². The Morgan fingerprint density at radius 3 is 2.22 bits per heavy atom. The molecule has 0 radical (unpaired) electrons. The van der Waals surface area contributed by atoms with Crippen LogP contribution in [0.15, 0.2) is 30.3 Å². The molecule has 2 saturated heterocycles. The van der Waals surface area contributed by atoms with Crippen molar-refractivity contribution in [2.24, 2.45) is 17.3 Å². The van der Waals surface area contributed by atoms with Crippen molar-refractivity contribution in [1.82, 2.24) is 14.7 Å². The molecule has 2 amide bonds. The van der Waals surface area contributed by atoms with E-state index in [1.807, 2.05) is 40.1 Å². The van der Waals surface area contributed by atoms with Crippen LogP contribution in [0.2, 0.25) is 0 Å². The number of likely N-dealkylation sites (tertiary alicyclic amines) is 2. The molecule has 1 aromatic rings. The highest BCUT2D eigenvalue weighted by atomic mass is 16.2. The average molecular weight is 372 g/mol. The fraction of sp³-hybridized carbons (Fsp3) is 0.636. The van der Waals surface area contributed by atoms with E-state index in [4.69, 9.17) is 0 Å². The number of amides is 2. The molecule has 0 aromatic heterocycles. The van der Waals surface area contributed by atoms with Crippen LogP contribution >= 0.6 is 0 Å². The van der Waals surface area contributed by atoms with Crippen LogP contribution in [0.4, 0.5) is 0 Å². The molecule has 1 spiro atoms. The van der Waals surface area contributed by atoms with Crippen LogP contribution in [-0.4, -0.2) is 73.3 Å². The minimum Gasteiger partial charge on any atom is -0.341 e. The molecule has 148 valence electrons. The van der Waals surface area contributed by atoms with Gasteiger partial charge in [-0.1, -0.05) is 32.0 Å². The van der Waals surface area contributed by atoms with Gasteiger partial charge in [-0.05, 0) is 45.0 Å². The number of hydrogen-bond donors (Lipinski definition) is 0. The predicted molar refractivity (Wildman–Crippen MR) is 107 cm³/mol. The van der Waals surface area contributed by atoms with Crippen LogP contribution in [0, 0.1) is 17.3 Å². The molecule has 0 bridgehead atoms. The van der Waals surface area contributed by atoms with E-state index in [1.165, 1.54) is 0 Å². The standard InChI is InChI=1S/C22H33N3O2/c1-5-17(6-2)20(26)25-15-22(16-25)14-24(13-19(22)12-23(3)4)21(27)18-10-8-7-9-11-18/h7-11,17,19H,5-6,12-16H2,1-4H3. The van der Waals surface area contributed by atoms with Crippen LogP contribution in [0.1, 0.15) is 37.0 Å². The van der Waals surface area contributed by atoms with Crippen LogP contribution in [0.25, 0.3) is 0 Å². The number of carbonyl (C=O) groups is 2. The van der Waals surface area contributed by atoms with E-state index >= 15 is 0 Å². The van der Waals surface area contributed by atoms with Crippen molar-refractivity contribution in [2.75, 3.05) is 46.8 Å². The molecule has 2 aliphatic heterocycles. The second-order valence-electron chi connectivity index (χ2n) is 8.58. The highest BCUT2D eigenvalue weighted by Crippen LogP contribution is 2.45. The van der Waals surface area contributed by atoms with E-state index in [0.717, 1.165) is 51.1 Å². The topological polar surface area (TPSA) is 43.9 Å². The Morgan fingerprint density at radius 1 is 1.07 bits per heavy atom. The maximum absolute atomic E-state index is 13.0. The maximum atomic E-state index is 13.0. The van der Waals surface area contributed by atoms with E-state index in [9.17, 15) is 9.59 Å². The quantitative estimate of drug-likeness (QED) is 0.772. The molecule has 0 N–H and O–H groups in total. The third-order valence-corrected chi connectivity index (χ3v) is 6.36. The first-order valence-electron chi connectivity index (χ1n) is 10.2. The third kappa shape index (κ3) is 3.88. The zero-order valence-electron chi connectivity index (χ0n) is 17.1. The first-order chi connectivity index (χ1) is 12.9. The molecule has 1 unspecified atom stereocenters. The van der Waals surface area contributed by atoms with Crippen LogP contribution < -0.4 is 0 Å². The zero-order valence-corrected chi connectivity index (χ0v) is 17.1. The summed E-state index contributed by atoms with van der Waals surface area (Å²) in [6.07, 6.45) is 1.80. The Balaban J connectivity index is 1.72. The van der Waals surface area contributed by atoms with Crippen molar-refractivity contribution >= 4 is 11.8 Å². The van der Waals surface area contributed by atoms with Gasteiger partial charge >= 0.3 is 0 Å². The van der Waals surface area contributed by atoms with Gasteiger partial charge in [0.2, 0.25) is 5.91 Å². The molecule has 1 aromatic carbocycles. The van der Waals surface area contributed by atoms with Gasteiger partial charge in [-0.15, -0.1) is 0 Å². The summed E-state index contributed by atoms with van der Waals surface area (Å²) in [7, 11) is 4.17. The third-order valence-electron chi connectivity index (χ3n) is 6.36. The highest BCUT2D eigenvalue weighted by Gasteiger charge is 2.56. The maximum Gasteiger partial charge on any atom is 0.253 e. The number of nitrogens with zero attached hydrogens (tertiary/aromatic N) is 3. The van der Waals surface area contributed by atoms with Crippen molar-refractivity contribution in [2.45, 2.75) is 26.7 Å². The number of hydrogen-bond acceptors (Lipinski definition) is 3. The van der Waals surface area contributed by atoms with Gasteiger partial charge in [-0.2, -0.15) is 0 Å². The molecule has 0 aliphatic carbocycles. The van der Waals surface area contributed by atoms with Crippen molar-refractivity contribution in [3.8, 4) is 0 Å². The minimum absolute atomic E-state index is 0.0520. The first-order valence-corrected chi connectivity index (χ1v) is 10.2. The van der Waals surface area contributed by atoms with Crippen molar-refractivity contribution in [3.63, 3.8) is 0 Å². The van der Waals surface area contributed by atoms with Gasteiger partial charge in [0.05, 0.1) is 0 Å². The average Bonchev–Trinajstić information content (AvgIpc) is 3.00. The van der Waals surface area contributed by atoms with Gasteiger partial charge in [-0.3, -0.25) is 9.59 Å². The normalized spacial score (nSPS) is 21.2. The van der Waals surface area contributed by atoms with Gasteiger partial charge in [0.1, 0.15) is 0 Å². The lowest BCUT2D eigenvalue weighted by atomic mass is 9.71. The van der Waals surface area contributed by atoms with Crippen molar-refractivity contribution < 1.29 is 9.59 Å². The molecule has 3 rings (SSSR count). The lowest BCUT2D eigenvalue weighted by Crippen LogP contribution is -2.64. The van der Waals surface area contributed by atoms with E-state index in [-0.39, 0.29) is 17.2 Å². The molecule has 5 nitrogen and oxygen atoms in total. The van der Waals surface area contributed by atoms with E-state index in [1.54, 1.807) is 0 Å². The number of benzene rings is 1. The monoisotopic (exact) mass is 371 g/mol. The fourth-order valence-corrected chi connectivity index (χ4v) is 4.77. The fourth-order valence-electron chi connectivity index (χ4n) is 4.77. The second-order valence-corrected chi connectivity index (χ2v) is 8.58. The second kappa shape index (κ2) is 8.01. The summed E-state index contributed by atoms with van der Waals surface area (Å²) >= 11 is 0. The molecule has 2 fully saturated rings. The Morgan fingerprint density at radius 2 is 1.67 bits per heavy atom. The first kappa shape index (κ1) is 19.9. The van der Waals surface area contributed by atoms with Gasteiger partial charge in [0.25, 0.3) is 5.91 Å². The smallest absolute Gasteiger partial charge is 0.253 e. The van der Waals surface area contributed by atoms with Gasteiger partial charge in [0.15, 0.2) is 0 Å². The van der Waals surface area contributed by atoms with Crippen LogP contribution in [-0.2, 0) is 4.79 Å². The van der Waals surface area contributed by atoms with E-state index in [0.29, 0.717) is 11.8 Å². The van der Waals surface area contributed by atoms with Crippen LogP contribution in [0.5, 0.6) is 0 Å². The molecular formula is C22H33N3O2. The van der Waals surface area contributed by atoms with Gasteiger partial charge in [-0.25, -0.2) is 0 Å². The highest BCUT2D eigenvalue weighted by molar-refractivity contribution is 5.94. The molecule has 5 heteroatoms. The summed E-state index contributed by atoms with van der Waals surface area (Å²) in [5, 5.41) is 0. The summed E-state index contributed by atoms with van der Waals surface area (Å²) < 4.78 is 0. The Labute approximate surface area is 163 Å². The number of rotatable bonds is 6. The minimum atomic E-state index is 0.0520.